The van der Waals surface area contributed by atoms with Crippen LogP contribution in [0.3, 0.4) is 0 Å². The summed E-state index contributed by atoms with van der Waals surface area (Å²) in [5.74, 6) is -4.43. The molecule has 3 aromatic rings. The lowest BCUT2D eigenvalue weighted by molar-refractivity contribution is 0.453. The Kier molecular flexibility index (Phi) is 4.38. The Balaban J connectivity index is 2.06. The van der Waals surface area contributed by atoms with E-state index in [-0.39, 0.29) is 10.8 Å². The molecule has 0 fully saturated rings. The first-order valence-electron chi connectivity index (χ1n) is 7.48. The molecule has 0 aliphatic rings. The maximum atomic E-state index is 14.4. The molecule has 3 rings (SSSR count). The van der Waals surface area contributed by atoms with Gasteiger partial charge in [0.15, 0.2) is 17.5 Å². The minimum Gasteiger partial charge on any atom is -0.206 e. The van der Waals surface area contributed by atoms with Gasteiger partial charge in [-0.1, -0.05) is 30.3 Å². The zero-order chi connectivity index (χ0) is 17.3. The Morgan fingerprint density at radius 2 is 1.62 bits per heavy atom. The van der Waals surface area contributed by atoms with E-state index in [1.807, 2.05) is 0 Å². The molecule has 0 unspecified atom stereocenters. The van der Waals surface area contributed by atoms with E-state index in [0.717, 1.165) is 18.1 Å². The van der Waals surface area contributed by atoms with Crippen LogP contribution in [-0.4, -0.2) is 0 Å². The fourth-order valence-electron chi connectivity index (χ4n) is 2.69. The molecule has 0 atom stereocenters. The summed E-state index contributed by atoms with van der Waals surface area (Å²) in [4.78, 5) is 0. The first kappa shape index (κ1) is 16.2. The summed E-state index contributed by atoms with van der Waals surface area (Å²) in [5, 5.41) is 0.139. The van der Waals surface area contributed by atoms with Crippen LogP contribution in [0.1, 0.15) is 12.0 Å². The zero-order valence-corrected chi connectivity index (χ0v) is 12.8. The van der Waals surface area contributed by atoms with Crippen LogP contribution in [0, 0.1) is 23.3 Å². The fourth-order valence-corrected chi connectivity index (χ4v) is 2.69. The van der Waals surface area contributed by atoms with Crippen LogP contribution in [0.2, 0.25) is 0 Å². The molecule has 4 heteroatoms. The van der Waals surface area contributed by atoms with Gasteiger partial charge in [0, 0.05) is 10.9 Å². The van der Waals surface area contributed by atoms with Crippen molar-refractivity contribution in [3.63, 3.8) is 0 Å². The molecular formula is C20H14F4. The number of rotatable bonds is 4. The number of fused-ring (bicyclic) bond motifs is 1. The van der Waals surface area contributed by atoms with E-state index in [1.165, 1.54) is 24.3 Å². The van der Waals surface area contributed by atoms with Crippen molar-refractivity contribution in [1.29, 1.82) is 0 Å². The molecular weight excluding hydrogens is 316 g/mol. The molecule has 122 valence electrons. The highest BCUT2D eigenvalue weighted by atomic mass is 19.2. The quantitative estimate of drug-likeness (QED) is 0.304. The van der Waals surface area contributed by atoms with Gasteiger partial charge >= 0.3 is 0 Å². The van der Waals surface area contributed by atoms with Crippen molar-refractivity contribution < 1.29 is 17.6 Å². The second-order valence-corrected chi connectivity index (χ2v) is 5.56. The maximum absolute atomic E-state index is 14.4. The average molecular weight is 330 g/mol. The van der Waals surface area contributed by atoms with Gasteiger partial charge in [-0.2, -0.15) is 0 Å². The molecule has 0 aliphatic heterocycles. The summed E-state index contributed by atoms with van der Waals surface area (Å²) in [6.45, 7) is 3.63. The molecule has 0 heterocycles. The van der Waals surface area contributed by atoms with E-state index >= 15 is 0 Å². The first-order chi connectivity index (χ1) is 11.5. The van der Waals surface area contributed by atoms with Crippen molar-refractivity contribution in [3.8, 4) is 11.1 Å². The summed E-state index contributed by atoms with van der Waals surface area (Å²) in [7, 11) is 0. The summed E-state index contributed by atoms with van der Waals surface area (Å²) in [6.07, 6.45) is 3.20. The van der Waals surface area contributed by atoms with Gasteiger partial charge in [-0.05, 0) is 47.6 Å². The van der Waals surface area contributed by atoms with Gasteiger partial charge < -0.3 is 0 Å². The van der Waals surface area contributed by atoms with E-state index in [0.29, 0.717) is 17.5 Å². The third kappa shape index (κ3) is 2.92. The Hall–Kier alpha value is -2.62. The topological polar surface area (TPSA) is 0 Å². The van der Waals surface area contributed by atoms with Gasteiger partial charge in [0.2, 0.25) is 0 Å². The molecule has 0 aromatic heterocycles. The molecule has 0 N–H and O–H groups in total. The van der Waals surface area contributed by atoms with Crippen LogP contribution in [-0.2, 0) is 6.42 Å². The molecule has 0 spiro atoms. The average Bonchev–Trinajstić information content (AvgIpc) is 2.57. The SMILES string of the molecule is C=CCCc1ccc(-c2ccc3c(F)c(F)c(F)cc3c2)c(F)c1. The van der Waals surface area contributed by atoms with Crippen LogP contribution in [0.4, 0.5) is 17.6 Å². The highest BCUT2D eigenvalue weighted by Crippen LogP contribution is 2.30. The van der Waals surface area contributed by atoms with Crippen molar-refractivity contribution in [2.75, 3.05) is 0 Å². The minimum absolute atomic E-state index is 0.0411. The first-order valence-corrected chi connectivity index (χ1v) is 7.48. The Bertz CT molecular complexity index is 929. The Morgan fingerprint density at radius 1 is 0.833 bits per heavy atom. The third-order valence-electron chi connectivity index (χ3n) is 3.95. The Morgan fingerprint density at radius 3 is 2.33 bits per heavy atom. The predicted molar refractivity (Wildman–Crippen MR) is 87.7 cm³/mol. The van der Waals surface area contributed by atoms with Gasteiger partial charge in [-0.15, -0.1) is 6.58 Å². The molecule has 0 saturated carbocycles. The largest absolute Gasteiger partial charge is 0.206 e. The van der Waals surface area contributed by atoms with E-state index in [2.05, 4.69) is 6.58 Å². The zero-order valence-electron chi connectivity index (χ0n) is 12.8. The lowest BCUT2D eigenvalue weighted by Gasteiger charge is -2.09. The van der Waals surface area contributed by atoms with Gasteiger partial charge in [0.25, 0.3) is 0 Å². The second-order valence-electron chi connectivity index (χ2n) is 5.56. The van der Waals surface area contributed by atoms with Crippen molar-refractivity contribution in [2.24, 2.45) is 0 Å². The van der Waals surface area contributed by atoms with Gasteiger partial charge in [-0.3, -0.25) is 0 Å². The summed E-state index contributed by atoms with van der Waals surface area (Å²) in [6, 6.07) is 10.0. The normalized spacial score (nSPS) is 11.0. The highest BCUT2D eigenvalue weighted by Gasteiger charge is 2.14. The van der Waals surface area contributed by atoms with E-state index in [4.69, 9.17) is 0 Å². The van der Waals surface area contributed by atoms with Gasteiger partial charge in [-0.25, -0.2) is 17.6 Å². The standard InChI is InChI=1S/C20H14F4/c1-2-3-4-12-5-7-15(17(21)9-12)13-6-8-16-14(10-13)11-18(22)20(24)19(16)23/h2,5-11H,1,3-4H2. The van der Waals surface area contributed by atoms with E-state index in [1.54, 1.807) is 18.2 Å². The number of halogens is 4. The maximum Gasteiger partial charge on any atom is 0.195 e. The number of aryl methyl sites for hydroxylation is 1. The molecule has 0 saturated heterocycles. The van der Waals surface area contributed by atoms with Crippen molar-refractivity contribution in [1.82, 2.24) is 0 Å². The number of hydrogen-bond acceptors (Lipinski definition) is 0. The monoisotopic (exact) mass is 330 g/mol. The highest BCUT2D eigenvalue weighted by molar-refractivity contribution is 5.88. The molecule has 0 bridgehead atoms. The predicted octanol–water partition coefficient (Wildman–Crippen LogP) is 6.18. The summed E-state index contributed by atoms with van der Waals surface area (Å²) >= 11 is 0. The Labute approximate surface area is 137 Å². The summed E-state index contributed by atoms with van der Waals surface area (Å²) < 4.78 is 54.8. The van der Waals surface area contributed by atoms with E-state index < -0.39 is 23.3 Å². The second kappa shape index (κ2) is 6.48. The lowest BCUT2D eigenvalue weighted by Crippen LogP contribution is -1.93. The molecule has 3 aromatic carbocycles. The minimum atomic E-state index is -1.51. The van der Waals surface area contributed by atoms with Gasteiger partial charge in [0.1, 0.15) is 5.82 Å². The van der Waals surface area contributed by atoms with Gasteiger partial charge in [0.05, 0.1) is 0 Å². The van der Waals surface area contributed by atoms with Crippen LogP contribution in [0.15, 0.2) is 55.1 Å². The van der Waals surface area contributed by atoms with Crippen LogP contribution < -0.4 is 0 Å². The smallest absolute Gasteiger partial charge is 0.195 e. The molecule has 0 aliphatic carbocycles. The van der Waals surface area contributed by atoms with Crippen molar-refractivity contribution in [3.05, 3.63) is 84.0 Å². The fraction of sp³-hybridized carbons (Fsp3) is 0.100. The molecule has 0 amide bonds. The lowest BCUT2D eigenvalue weighted by atomic mass is 9.98. The van der Waals surface area contributed by atoms with Crippen LogP contribution >= 0.6 is 0 Å². The van der Waals surface area contributed by atoms with Crippen molar-refractivity contribution in [2.45, 2.75) is 12.8 Å². The molecule has 24 heavy (non-hydrogen) atoms. The number of hydrogen-bond donors (Lipinski definition) is 0. The molecule has 0 nitrogen and oxygen atoms in total. The summed E-state index contributed by atoms with van der Waals surface area (Å²) in [5.41, 5.74) is 1.64. The number of benzene rings is 3. The van der Waals surface area contributed by atoms with Crippen LogP contribution in [0.5, 0.6) is 0 Å². The number of allylic oxidation sites excluding steroid dienone is 1. The van der Waals surface area contributed by atoms with E-state index in [9.17, 15) is 17.6 Å². The van der Waals surface area contributed by atoms with Crippen molar-refractivity contribution >= 4 is 10.8 Å². The van der Waals surface area contributed by atoms with Crippen LogP contribution in [0.25, 0.3) is 21.9 Å². The third-order valence-corrected chi connectivity index (χ3v) is 3.95. The molecule has 0 radical (unpaired) electrons.